The minimum atomic E-state index is -0.549. The lowest BCUT2D eigenvalue weighted by Crippen LogP contribution is -2.37. The van der Waals surface area contributed by atoms with Crippen LogP contribution in [0, 0.1) is 5.92 Å². The number of benzene rings is 1. The van der Waals surface area contributed by atoms with Crippen molar-refractivity contribution in [1.29, 1.82) is 0 Å². The fraction of sp³-hybridized carbons (Fsp3) is 0.533. The molecule has 1 heterocycles. The maximum Gasteiger partial charge on any atom is 0.244 e. The minimum absolute atomic E-state index is 0. The summed E-state index contributed by atoms with van der Waals surface area (Å²) in [6.07, 6.45) is 1.01. The molecule has 1 aromatic rings. The lowest BCUT2D eigenvalue weighted by Gasteiger charge is -2.21. The molecule has 1 aromatic carbocycles. The number of likely N-dealkylation sites (tertiary alicyclic amines) is 1. The highest BCUT2D eigenvalue weighted by Gasteiger charge is 2.29. The second-order valence-electron chi connectivity index (χ2n) is 4.99. The zero-order valence-corrected chi connectivity index (χ0v) is 12.6. The Hall–Kier alpha value is -1.10. The van der Waals surface area contributed by atoms with E-state index in [1.54, 1.807) is 0 Å². The van der Waals surface area contributed by atoms with Gasteiger partial charge in [-0.1, -0.05) is 30.3 Å². The Morgan fingerprint density at radius 3 is 2.80 bits per heavy atom. The van der Waals surface area contributed by atoms with E-state index in [9.17, 15) is 4.79 Å². The van der Waals surface area contributed by atoms with E-state index in [-0.39, 0.29) is 18.3 Å². The molecule has 0 saturated carbocycles. The molecule has 0 aliphatic carbocycles. The predicted molar refractivity (Wildman–Crippen MR) is 81.8 cm³/mol. The van der Waals surface area contributed by atoms with Crippen molar-refractivity contribution < 1.29 is 9.53 Å². The van der Waals surface area contributed by atoms with Crippen LogP contribution in [-0.4, -0.2) is 37.1 Å². The summed E-state index contributed by atoms with van der Waals surface area (Å²) in [5.41, 5.74) is 6.92. The molecule has 4 nitrogen and oxygen atoms in total. The van der Waals surface area contributed by atoms with Gasteiger partial charge in [0, 0.05) is 25.6 Å². The van der Waals surface area contributed by atoms with Gasteiger partial charge in [0.05, 0.1) is 6.61 Å². The molecule has 2 atom stereocenters. The van der Waals surface area contributed by atoms with E-state index in [2.05, 4.69) is 0 Å². The quantitative estimate of drug-likeness (QED) is 0.904. The molecule has 1 amide bonds. The molecule has 0 bridgehead atoms. The Morgan fingerprint density at radius 1 is 1.45 bits per heavy atom. The van der Waals surface area contributed by atoms with Crippen LogP contribution >= 0.6 is 12.4 Å². The molecule has 1 aliphatic rings. The summed E-state index contributed by atoms with van der Waals surface area (Å²) in [6.45, 7) is 5.01. The summed E-state index contributed by atoms with van der Waals surface area (Å²) < 4.78 is 5.42. The van der Waals surface area contributed by atoms with Crippen LogP contribution in [0.1, 0.15) is 24.9 Å². The lowest BCUT2D eigenvalue weighted by atomic mass is 10.1. The highest BCUT2D eigenvalue weighted by Crippen LogP contribution is 2.21. The number of ether oxygens (including phenoxy) is 1. The maximum absolute atomic E-state index is 12.3. The first-order valence-corrected chi connectivity index (χ1v) is 6.89. The fourth-order valence-electron chi connectivity index (χ4n) is 2.45. The smallest absolute Gasteiger partial charge is 0.244 e. The van der Waals surface area contributed by atoms with Crippen molar-refractivity contribution in [3.63, 3.8) is 0 Å². The van der Waals surface area contributed by atoms with Crippen LogP contribution < -0.4 is 5.73 Å². The molecular formula is C15H23ClN2O2. The van der Waals surface area contributed by atoms with Gasteiger partial charge in [-0.3, -0.25) is 4.79 Å². The van der Waals surface area contributed by atoms with Gasteiger partial charge in [0.15, 0.2) is 0 Å². The third-order valence-electron chi connectivity index (χ3n) is 3.58. The van der Waals surface area contributed by atoms with Gasteiger partial charge in [-0.2, -0.15) is 0 Å². The van der Waals surface area contributed by atoms with E-state index in [1.165, 1.54) is 0 Å². The highest BCUT2D eigenvalue weighted by molar-refractivity contribution is 5.85. The van der Waals surface area contributed by atoms with E-state index in [4.69, 9.17) is 10.5 Å². The number of rotatable bonds is 5. The Balaban J connectivity index is 0.00000200. The number of carbonyl (C=O) groups is 1. The molecule has 1 fully saturated rings. The number of carbonyl (C=O) groups excluding carboxylic acids is 1. The van der Waals surface area contributed by atoms with Crippen LogP contribution in [0.3, 0.4) is 0 Å². The highest BCUT2D eigenvalue weighted by atomic mass is 35.5. The van der Waals surface area contributed by atoms with Gasteiger partial charge >= 0.3 is 0 Å². The molecule has 2 rings (SSSR count). The van der Waals surface area contributed by atoms with E-state index >= 15 is 0 Å². The molecule has 112 valence electrons. The molecule has 0 radical (unpaired) electrons. The van der Waals surface area contributed by atoms with Crippen LogP contribution in [0.4, 0.5) is 0 Å². The first kappa shape index (κ1) is 17.0. The van der Waals surface area contributed by atoms with E-state index < -0.39 is 6.04 Å². The van der Waals surface area contributed by atoms with Crippen LogP contribution in [0.25, 0.3) is 0 Å². The zero-order valence-electron chi connectivity index (χ0n) is 11.8. The number of halogens is 1. The second kappa shape index (κ2) is 8.25. The average molecular weight is 299 g/mol. The number of amides is 1. The zero-order chi connectivity index (χ0) is 13.7. The summed E-state index contributed by atoms with van der Waals surface area (Å²) in [5.74, 6) is 0.470. The van der Waals surface area contributed by atoms with Gasteiger partial charge < -0.3 is 15.4 Å². The van der Waals surface area contributed by atoms with Gasteiger partial charge in [0.1, 0.15) is 6.04 Å². The molecule has 1 aliphatic heterocycles. The normalized spacial score (nSPS) is 19.5. The number of hydrogen-bond acceptors (Lipinski definition) is 3. The van der Waals surface area contributed by atoms with Crippen molar-refractivity contribution in [2.45, 2.75) is 19.4 Å². The third kappa shape index (κ3) is 4.20. The van der Waals surface area contributed by atoms with Gasteiger partial charge in [0.25, 0.3) is 0 Å². The van der Waals surface area contributed by atoms with Crippen LogP contribution in [-0.2, 0) is 9.53 Å². The van der Waals surface area contributed by atoms with Gasteiger partial charge in [-0.25, -0.2) is 0 Å². The lowest BCUT2D eigenvalue weighted by molar-refractivity contribution is -0.131. The summed E-state index contributed by atoms with van der Waals surface area (Å²) in [4.78, 5) is 14.2. The molecular weight excluding hydrogens is 276 g/mol. The van der Waals surface area contributed by atoms with Crippen LogP contribution in [0.2, 0.25) is 0 Å². The van der Waals surface area contributed by atoms with Crippen molar-refractivity contribution >= 4 is 18.3 Å². The average Bonchev–Trinajstić information content (AvgIpc) is 2.93. The third-order valence-corrected chi connectivity index (χ3v) is 3.58. The summed E-state index contributed by atoms with van der Waals surface area (Å²) in [7, 11) is 0. The molecule has 2 unspecified atom stereocenters. The Bertz CT molecular complexity index is 414. The predicted octanol–water partition coefficient (Wildman–Crippen LogP) is 1.99. The van der Waals surface area contributed by atoms with Crippen molar-refractivity contribution in [3.8, 4) is 0 Å². The van der Waals surface area contributed by atoms with Gasteiger partial charge in [-0.15, -0.1) is 12.4 Å². The van der Waals surface area contributed by atoms with Crippen molar-refractivity contribution in [2.24, 2.45) is 11.7 Å². The van der Waals surface area contributed by atoms with Crippen molar-refractivity contribution in [1.82, 2.24) is 4.90 Å². The monoisotopic (exact) mass is 298 g/mol. The fourth-order valence-corrected chi connectivity index (χ4v) is 2.45. The van der Waals surface area contributed by atoms with Crippen molar-refractivity contribution in [3.05, 3.63) is 35.9 Å². The molecule has 1 saturated heterocycles. The van der Waals surface area contributed by atoms with E-state index in [0.29, 0.717) is 5.92 Å². The Kier molecular flexibility index (Phi) is 6.99. The molecule has 20 heavy (non-hydrogen) atoms. The van der Waals surface area contributed by atoms with Gasteiger partial charge in [-0.05, 0) is 18.9 Å². The summed E-state index contributed by atoms with van der Waals surface area (Å²) in [5, 5.41) is 0. The summed E-state index contributed by atoms with van der Waals surface area (Å²) in [6, 6.07) is 8.99. The largest absolute Gasteiger partial charge is 0.381 e. The topological polar surface area (TPSA) is 55.6 Å². The van der Waals surface area contributed by atoms with E-state index in [1.807, 2.05) is 42.2 Å². The van der Waals surface area contributed by atoms with Gasteiger partial charge in [0.2, 0.25) is 5.91 Å². The number of nitrogens with two attached hydrogens (primary N) is 1. The number of hydrogen-bond donors (Lipinski definition) is 1. The number of nitrogens with zero attached hydrogens (tertiary/aromatic N) is 1. The van der Waals surface area contributed by atoms with Crippen molar-refractivity contribution in [2.75, 3.05) is 26.3 Å². The Morgan fingerprint density at radius 2 is 2.15 bits per heavy atom. The molecule has 0 spiro atoms. The minimum Gasteiger partial charge on any atom is -0.381 e. The molecule has 5 heteroatoms. The van der Waals surface area contributed by atoms with Crippen LogP contribution in [0.15, 0.2) is 30.3 Å². The maximum atomic E-state index is 12.3. The molecule has 2 N–H and O–H groups in total. The van der Waals surface area contributed by atoms with Crippen LogP contribution in [0.5, 0.6) is 0 Å². The SMILES string of the molecule is CCOCC1CCN(C(=O)C(N)c2ccccc2)C1.Cl. The Labute approximate surface area is 126 Å². The first-order chi connectivity index (χ1) is 9.22. The standard InChI is InChI=1S/C15H22N2O2.ClH/c1-2-19-11-12-8-9-17(10-12)15(18)14(16)13-6-4-3-5-7-13;/h3-7,12,14H,2,8-11,16H2,1H3;1H. The molecule has 0 aromatic heterocycles. The summed E-state index contributed by atoms with van der Waals surface area (Å²) >= 11 is 0. The van der Waals surface area contributed by atoms with E-state index in [0.717, 1.165) is 38.3 Å². The first-order valence-electron chi connectivity index (χ1n) is 6.89. The second-order valence-corrected chi connectivity index (χ2v) is 4.99.